The topological polar surface area (TPSA) is 83.7 Å². The lowest BCUT2D eigenvalue weighted by Gasteiger charge is -2.33. The molecule has 0 N–H and O–H groups in total. The fourth-order valence-corrected chi connectivity index (χ4v) is 5.92. The van der Waals surface area contributed by atoms with Crippen molar-refractivity contribution in [2.75, 3.05) is 26.2 Å². The minimum absolute atomic E-state index is 0.0310. The van der Waals surface area contributed by atoms with Crippen LogP contribution in [0.4, 0.5) is 8.78 Å². The quantitative estimate of drug-likeness (QED) is 0.512. The van der Waals surface area contributed by atoms with Crippen LogP contribution in [-0.4, -0.2) is 54.9 Å². The fraction of sp³-hybridized carbons (Fsp3) is 0.500. The van der Waals surface area contributed by atoms with Crippen LogP contribution in [0.5, 0.6) is 0 Å². The molecule has 1 fully saturated rings. The van der Waals surface area contributed by atoms with Gasteiger partial charge in [-0.25, -0.2) is 17.2 Å². The SMILES string of the molecule is CCCN(CCC)C(=O)C1CCN(S(=O)(=O)c2c(C)noc2/C=C/c2ccc(F)cc2F)CC1. The van der Waals surface area contributed by atoms with Crippen LogP contribution in [0.2, 0.25) is 0 Å². The van der Waals surface area contributed by atoms with E-state index < -0.39 is 21.7 Å². The van der Waals surface area contributed by atoms with Crippen LogP contribution in [-0.2, 0) is 14.8 Å². The number of halogens is 2. The molecular weight excluding hydrogens is 464 g/mol. The molecule has 3 rings (SSSR count). The number of hydrogen-bond acceptors (Lipinski definition) is 5. The second-order valence-electron chi connectivity index (χ2n) is 8.46. The number of amides is 1. The molecule has 0 aliphatic carbocycles. The van der Waals surface area contributed by atoms with Crippen LogP contribution in [0.25, 0.3) is 12.2 Å². The predicted octanol–water partition coefficient (Wildman–Crippen LogP) is 4.48. The predicted molar refractivity (Wildman–Crippen MR) is 125 cm³/mol. The molecule has 1 aliphatic rings. The van der Waals surface area contributed by atoms with E-state index in [9.17, 15) is 22.0 Å². The van der Waals surface area contributed by atoms with Crippen LogP contribution < -0.4 is 0 Å². The Hall–Kier alpha value is -2.59. The third-order valence-electron chi connectivity index (χ3n) is 5.91. The van der Waals surface area contributed by atoms with Crippen molar-refractivity contribution in [2.45, 2.75) is 51.3 Å². The van der Waals surface area contributed by atoms with Gasteiger partial charge in [0.15, 0.2) is 10.7 Å². The van der Waals surface area contributed by atoms with Crippen LogP contribution >= 0.6 is 0 Å². The average molecular weight is 496 g/mol. The molecule has 0 atom stereocenters. The van der Waals surface area contributed by atoms with Crippen molar-refractivity contribution in [2.24, 2.45) is 5.92 Å². The summed E-state index contributed by atoms with van der Waals surface area (Å²) in [6.07, 6.45) is 5.27. The van der Waals surface area contributed by atoms with Gasteiger partial charge in [-0.2, -0.15) is 4.31 Å². The van der Waals surface area contributed by atoms with E-state index in [0.29, 0.717) is 25.9 Å². The van der Waals surface area contributed by atoms with Gasteiger partial charge in [0.1, 0.15) is 17.3 Å². The van der Waals surface area contributed by atoms with E-state index >= 15 is 0 Å². The smallest absolute Gasteiger partial charge is 0.248 e. The van der Waals surface area contributed by atoms with Crippen LogP contribution in [0.1, 0.15) is 56.5 Å². The van der Waals surface area contributed by atoms with Crippen LogP contribution in [0, 0.1) is 24.5 Å². The zero-order valence-electron chi connectivity index (χ0n) is 19.8. The second kappa shape index (κ2) is 11.2. The first-order valence-corrected chi connectivity index (χ1v) is 13.0. The minimum atomic E-state index is -3.94. The Morgan fingerprint density at radius 2 is 1.82 bits per heavy atom. The van der Waals surface area contributed by atoms with Crippen LogP contribution in [0.3, 0.4) is 0 Å². The zero-order chi connectivity index (χ0) is 24.9. The van der Waals surface area contributed by atoms with Gasteiger partial charge in [0.25, 0.3) is 0 Å². The van der Waals surface area contributed by atoms with Gasteiger partial charge >= 0.3 is 0 Å². The molecule has 1 aliphatic heterocycles. The molecule has 0 radical (unpaired) electrons. The highest BCUT2D eigenvalue weighted by Gasteiger charge is 2.36. The number of benzene rings is 1. The molecule has 1 aromatic heterocycles. The summed E-state index contributed by atoms with van der Waals surface area (Å²) >= 11 is 0. The second-order valence-corrected chi connectivity index (χ2v) is 10.3. The maximum Gasteiger partial charge on any atom is 0.248 e. The van der Waals surface area contributed by atoms with E-state index in [1.54, 1.807) is 0 Å². The summed E-state index contributed by atoms with van der Waals surface area (Å²) in [6.45, 7) is 7.42. The molecule has 2 aromatic rings. The summed E-state index contributed by atoms with van der Waals surface area (Å²) in [7, 11) is -3.94. The normalized spacial score (nSPS) is 15.8. The standard InChI is InChI=1S/C24H31F2N3O4S/c1-4-12-28(13-5-2)24(30)19-10-14-29(15-11-19)34(31,32)23-17(3)27-33-22(23)9-7-18-6-8-20(25)16-21(18)26/h6-9,16,19H,4-5,10-15H2,1-3H3/b9-7+. The molecule has 34 heavy (non-hydrogen) atoms. The van der Waals surface area contributed by atoms with E-state index in [1.165, 1.54) is 29.4 Å². The lowest BCUT2D eigenvalue weighted by Crippen LogP contribution is -2.45. The van der Waals surface area contributed by atoms with Crippen molar-refractivity contribution in [3.05, 3.63) is 46.9 Å². The lowest BCUT2D eigenvalue weighted by atomic mass is 9.96. The molecule has 2 heterocycles. The number of rotatable bonds is 9. The first kappa shape index (κ1) is 26.0. The fourth-order valence-electron chi connectivity index (χ4n) is 4.20. The number of piperidine rings is 1. The van der Waals surface area contributed by atoms with Crippen molar-refractivity contribution in [1.29, 1.82) is 0 Å². The maximum absolute atomic E-state index is 13.9. The Bertz CT molecular complexity index is 1130. The molecule has 0 saturated carbocycles. The van der Waals surface area contributed by atoms with Gasteiger partial charge in [-0.15, -0.1) is 0 Å². The molecule has 7 nitrogen and oxygen atoms in total. The van der Waals surface area contributed by atoms with E-state index in [-0.39, 0.29) is 46.8 Å². The first-order valence-electron chi connectivity index (χ1n) is 11.6. The summed E-state index contributed by atoms with van der Waals surface area (Å²) in [5.41, 5.74) is 0.274. The van der Waals surface area contributed by atoms with Gasteiger partial charge in [0.05, 0.1) is 0 Å². The monoisotopic (exact) mass is 495 g/mol. The molecule has 10 heteroatoms. The molecule has 0 unspecified atom stereocenters. The largest absolute Gasteiger partial charge is 0.355 e. The average Bonchev–Trinajstić information content (AvgIpc) is 3.19. The van der Waals surface area contributed by atoms with Gasteiger partial charge < -0.3 is 9.42 Å². The number of carbonyl (C=O) groups excluding carboxylic acids is 1. The highest BCUT2D eigenvalue weighted by atomic mass is 32.2. The van der Waals surface area contributed by atoms with Gasteiger partial charge in [0, 0.05) is 43.7 Å². The van der Waals surface area contributed by atoms with Crippen molar-refractivity contribution in [3.63, 3.8) is 0 Å². The maximum atomic E-state index is 13.9. The van der Waals surface area contributed by atoms with Crippen molar-refractivity contribution >= 4 is 28.1 Å². The van der Waals surface area contributed by atoms with Gasteiger partial charge in [-0.1, -0.05) is 19.0 Å². The molecular formula is C24H31F2N3O4S. The van der Waals surface area contributed by atoms with Gasteiger partial charge in [-0.05, 0) is 56.9 Å². The summed E-state index contributed by atoms with van der Waals surface area (Å²) in [5, 5.41) is 3.79. The zero-order valence-corrected chi connectivity index (χ0v) is 20.6. The molecule has 186 valence electrons. The molecule has 0 spiro atoms. The Morgan fingerprint density at radius 1 is 1.18 bits per heavy atom. The summed E-state index contributed by atoms with van der Waals surface area (Å²) in [4.78, 5) is 14.7. The van der Waals surface area contributed by atoms with E-state index in [1.807, 2.05) is 18.7 Å². The Morgan fingerprint density at radius 3 is 2.41 bits per heavy atom. The van der Waals surface area contributed by atoms with E-state index in [4.69, 9.17) is 4.52 Å². The van der Waals surface area contributed by atoms with Gasteiger partial charge in [0.2, 0.25) is 15.9 Å². The highest BCUT2D eigenvalue weighted by Crippen LogP contribution is 2.30. The Balaban J connectivity index is 1.76. The van der Waals surface area contributed by atoms with Crippen molar-refractivity contribution in [1.82, 2.24) is 14.4 Å². The number of carbonyl (C=O) groups is 1. The lowest BCUT2D eigenvalue weighted by molar-refractivity contribution is -0.136. The van der Waals surface area contributed by atoms with Gasteiger partial charge in [-0.3, -0.25) is 4.79 Å². The molecule has 1 amide bonds. The third-order valence-corrected chi connectivity index (χ3v) is 7.97. The Kier molecular flexibility index (Phi) is 8.59. The minimum Gasteiger partial charge on any atom is -0.355 e. The molecule has 1 saturated heterocycles. The first-order chi connectivity index (χ1) is 16.2. The number of hydrogen-bond donors (Lipinski definition) is 0. The van der Waals surface area contributed by atoms with Crippen molar-refractivity contribution < 1.29 is 26.5 Å². The number of sulfonamides is 1. The number of aryl methyl sites for hydroxylation is 1. The summed E-state index contributed by atoms with van der Waals surface area (Å²) < 4.78 is 60.4. The highest BCUT2D eigenvalue weighted by molar-refractivity contribution is 7.89. The van der Waals surface area contributed by atoms with Crippen molar-refractivity contribution in [3.8, 4) is 0 Å². The Labute approximate surface area is 199 Å². The molecule has 0 bridgehead atoms. The number of nitrogens with zero attached hydrogens (tertiary/aromatic N) is 3. The third kappa shape index (κ3) is 5.72. The van der Waals surface area contributed by atoms with E-state index in [2.05, 4.69) is 5.16 Å². The number of aromatic nitrogens is 1. The summed E-state index contributed by atoms with van der Waals surface area (Å²) in [6, 6.07) is 3.11. The van der Waals surface area contributed by atoms with Crippen LogP contribution in [0.15, 0.2) is 27.6 Å². The summed E-state index contributed by atoms with van der Waals surface area (Å²) in [5.74, 6) is -1.62. The van der Waals surface area contributed by atoms with E-state index in [0.717, 1.165) is 25.0 Å². The molecule has 1 aromatic carbocycles.